The van der Waals surface area contributed by atoms with Gasteiger partial charge in [0, 0.05) is 9.35 Å². The van der Waals surface area contributed by atoms with Crippen LogP contribution in [0.5, 0.6) is 0 Å². The molecule has 1 atom stereocenters. The monoisotopic (exact) mass is 282 g/mol. The molecule has 78 valence electrons. The third-order valence-corrected chi connectivity index (χ3v) is 3.77. The predicted molar refractivity (Wildman–Crippen MR) is 67.3 cm³/mol. The van der Waals surface area contributed by atoms with Gasteiger partial charge in [-0.1, -0.05) is 28.1 Å². The summed E-state index contributed by atoms with van der Waals surface area (Å²) >= 11 is 5.00. The molecular formula is C12H11BrOS. The van der Waals surface area contributed by atoms with E-state index < -0.39 is 6.10 Å². The zero-order chi connectivity index (χ0) is 10.8. The lowest BCUT2D eigenvalue weighted by Gasteiger charge is -2.12. The highest BCUT2D eigenvalue weighted by molar-refractivity contribution is 9.10. The van der Waals surface area contributed by atoms with Crippen LogP contribution in [-0.2, 0) is 0 Å². The molecule has 0 aliphatic rings. The maximum absolute atomic E-state index is 10.2. The molecule has 0 aliphatic carbocycles. The van der Waals surface area contributed by atoms with E-state index in [0.717, 1.165) is 20.5 Å². The second-order valence-corrected chi connectivity index (χ2v) is 5.31. The van der Waals surface area contributed by atoms with Crippen LogP contribution in [-0.4, -0.2) is 5.11 Å². The van der Waals surface area contributed by atoms with E-state index in [1.165, 1.54) is 0 Å². The van der Waals surface area contributed by atoms with Gasteiger partial charge in [0.1, 0.15) is 6.10 Å². The first-order valence-corrected chi connectivity index (χ1v) is 6.33. The molecule has 1 heterocycles. The zero-order valence-electron chi connectivity index (χ0n) is 8.27. The summed E-state index contributed by atoms with van der Waals surface area (Å²) in [7, 11) is 0. The average Bonchev–Trinajstić information content (AvgIpc) is 2.74. The first-order chi connectivity index (χ1) is 7.18. The Morgan fingerprint density at radius 1 is 1.33 bits per heavy atom. The van der Waals surface area contributed by atoms with E-state index in [-0.39, 0.29) is 0 Å². The molecule has 0 fully saturated rings. The van der Waals surface area contributed by atoms with Crippen molar-refractivity contribution in [2.75, 3.05) is 0 Å². The van der Waals surface area contributed by atoms with Crippen molar-refractivity contribution in [3.05, 3.63) is 56.2 Å². The molecule has 0 spiro atoms. The fourth-order valence-corrected chi connectivity index (χ4v) is 2.61. The van der Waals surface area contributed by atoms with E-state index in [1.807, 2.05) is 42.6 Å². The van der Waals surface area contributed by atoms with E-state index in [2.05, 4.69) is 15.9 Å². The van der Waals surface area contributed by atoms with Crippen molar-refractivity contribution in [3.8, 4) is 0 Å². The summed E-state index contributed by atoms with van der Waals surface area (Å²) in [6.45, 7) is 2.01. The maximum Gasteiger partial charge on any atom is 0.113 e. The van der Waals surface area contributed by atoms with Gasteiger partial charge in [-0.25, -0.2) is 0 Å². The van der Waals surface area contributed by atoms with Crippen LogP contribution in [0.2, 0.25) is 0 Å². The molecule has 2 aromatic rings. The fourth-order valence-electron chi connectivity index (χ4n) is 1.51. The van der Waals surface area contributed by atoms with E-state index in [4.69, 9.17) is 0 Å². The molecule has 3 heteroatoms. The topological polar surface area (TPSA) is 20.2 Å². The standard InChI is InChI=1S/C12H11BrOS/c1-8-4-5-9(13)7-10(8)12(14)11-3-2-6-15-11/h2-7,12,14H,1H3. The lowest BCUT2D eigenvalue weighted by Crippen LogP contribution is -1.99. The Balaban J connectivity index is 2.41. The number of aliphatic hydroxyl groups is 1. The molecule has 0 saturated carbocycles. The number of hydrogen-bond donors (Lipinski definition) is 1. The van der Waals surface area contributed by atoms with Gasteiger partial charge < -0.3 is 5.11 Å². The minimum atomic E-state index is -0.512. The highest BCUT2D eigenvalue weighted by Gasteiger charge is 2.13. The Labute approximate surface area is 102 Å². The van der Waals surface area contributed by atoms with Crippen molar-refractivity contribution in [2.24, 2.45) is 0 Å². The Kier molecular flexibility index (Phi) is 3.24. The molecule has 0 aliphatic heterocycles. The van der Waals surface area contributed by atoms with Gasteiger partial charge in [-0.15, -0.1) is 11.3 Å². The summed E-state index contributed by atoms with van der Waals surface area (Å²) in [5, 5.41) is 12.2. The lowest BCUT2D eigenvalue weighted by molar-refractivity contribution is 0.223. The van der Waals surface area contributed by atoms with Gasteiger partial charge in [0.2, 0.25) is 0 Å². The molecule has 0 saturated heterocycles. The third kappa shape index (κ3) is 2.30. The van der Waals surface area contributed by atoms with Crippen molar-refractivity contribution in [1.82, 2.24) is 0 Å². The number of benzene rings is 1. The van der Waals surface area contributed by atoms with Gasteiger partial charge in [-0.2, -0.15) is 0 Å². The van der Waals surface area contributed by atoms with E-state index >= 15 is 0 Å². The molecule has 1 unspecified atom stereocenters. The summed E-state index contributed by atoms with van der Waals surface area (Å²) in [6.07, 6.45) is -0.512. The van der Waals surface area contributed by atoms with Gasteiger partial charge in [-0.3, -0.25) is 0 Å². The molecule has 1 N–H and O–H groups in total. The van der Waals surface area contributed by atoms with Crippen molar-refractivity contribution in [2.45, 2.75) is 13.0 Å². The summed E-state index contributed by atoms with van der Waals surface area (Å²) in [6, 6.07) is 9.88. The predicted octanol–water partition coefficient (Wildman–Crippen LogP) is 3.90. The number of aryl methyl sites for hydroxylation is 1. The van der Waals surface area contributed by atoms with Gasteiger partial charge >= 0.3 is 0 Å². The van der Waals surface area contributed by atoms with E-state index in [9.17, 15) is 5.11 Å². The summed E-state index contributed by atoms with van der Waals surface area (Å²) in [5.41, 5.74) is 2.07. The first kappa shape index (κ1) is 10.9. The van der Waals surface area contributed by atoms with Crippen LogP contribution in [0.1, 0.15) is 22.1 Å². The van der Waals surface area contributed by atoms with Gasteiger partial charge in [0.05, 0.1) is 0 Å². The molecule has 1 nitrogen and oxygen atoms in total. The summed E-state index contributed by atoms with van der Waals surface area (Å²) < 4.78 is 0.999. The summed E-state index contributed by atoms with van der Waals surface area (Å²) in [4.78, 5) is 0.983. The Bertz CT molecular complexity index is 451. The largest absolute Gasteiger partial charge is 0.383 e. The average molecular weight is 283 g/mol. The highest BCUT2D eigenvalue weighted by atomic mass is 79.9. The number of halogens is 1. The van der Waals surface area contributed by atoms with Crippen LogP contribution in [0.4, 0.5) is 0 Å². The Morgan fingerprint density at radius 2 is 2.13 bits per heavy atom. The fraction of sp³-hybridized carbons (Fsp3) is 0.167. The normalized spacial score (nSPS) is 12.7. The molecule has 15 heavy (non-hydrogen) atoms. The van der Waals surface area contributed by atoms with Gasteiger partial charge in [-0.05, 0) is 41.6 Å². The van der Waals surface area contributed by atoms with Crippen LogP contribution in [0, 0.1) is 6.92 Å². The van der Waals surface area contributed by atoms with Crippen LogP contribution >= 0.6 is 27.3 Å². The number of aliphatic hydroxyl groups excluding tert-OH is 1. The maximum atomic E-state index is 10.2. The van der Waals surface area contributed by atoms with Gasteiger partial charge in [0.15, 0.2) is 0 Å². The minimum Gasteiger partial charge on any atom is -0.383 e. The van der Waals surface area contributed by atoms with Crippen molar-refractivity contribution in [1.29, 1.82) is 0 Å². The van der Waals surface area contributed by atoms with Crippen molar-refractivity contribution in [3.63, 3.8) is 0 Å². The lowest BCUT2D eigenvalue weighted by atomic mass is 10.0. The molecule has 0 bridgehead atoms. The Morgan fingerprint density at radius 3 is 2.80 bits per heavy atom. The van der Waals surface area contributed by atoms with Crippen molar-refractivity contribution >= 4 is 27.3 Å². The van der Waals surface area contributed by atoms with Crippen LogP contribution in [0.15, 0.2) is 40.2 Å². The SMILES string of the molecule is Cc1ccc(Br)cc1C(O)c1cccs1. The van der Waals surface area contributed by atoms with Crippen molar-refractivity contribution < 1.29 is 5.11 Å². The first-order valence-electron chi connectivity index (χ1n) is 4.66. The number of rotatable bonds is 2. The molecule has 2 rings (SSSR count). The number of hydrogen-bond acceptors (Lipinski definition) is 2. The molecule has 1 aromatic carbocycles. The Hall–Kier alpha value is -0.640. The minimum absolute atomic E-state index is 0.512. The molecule has 0 amide bonds. The molecule has 0 radical (unpaired) electrons. The summed E-state index contributed by atoms with van der Waals surface area (Å²) in [5.74, 6) is 0. The van der Waals surface area contributed by atoms with Gasteiger partial charge in [0.25, 0.3) is 0 Å². The zero-order valence-corrected chi connectivity index (χ0v) is 10.7. The van der Waals surface area contributed by atoms with Crippen LogP contribution in [0.3, 0.4) is 0 Å². The van der Waals surface area contributed by atoms with Crippen LogP contribution < -0.4 is 0 Å². The smallest absolute Gasteiger partial charge is 0.113 e. The molecular weight excluding hydrogens is 272 g/mol. The second-order valence-electron chi connectivity index (χ2n) is 3.42. The van der Waals surface area contributed by atoms with E-state index in [0.29, 0.717) is 0 Å². The quantitative estimate of drug-likeness (QED) is 0.886. The number of thiophene rings is 1. The van der Waals surface area contributed by atoms with E-state index in [1.54, 1.807) is 11.3 Å². The second kappa shape index (κ2) is 4.47. The highest BCUT2D eigenvalue weighted by Crippen LogP contribution is 2.29. The molecule has 1 aromatic heterocycles. The third-order valence-electron chi connectivity index (χ3n) is 2.35. The van der Waals surface area contributed by atoms with Crippen LogP contribution in [0.25, 0.3) is 0 Å².